The Morgan fingerprint density at radius 3 is 3.06 bits per heavy atom. The molecule has 1 unspecified atom stereocenters. The van der Waals surface area contributed by atoms with E-state index in [2.05, 4.69) is 26.2 Å². The number of thioether (sulfide) groups is 1. The third-order valence-electron chi connectivity index (χ3n) is 2.38. The Hall–Kier alpha value is -0.560. The van der Waals surface area contributed by atoms with Crippen molar-refractivity contribution in [1.82, 2.24) is 14.8 Å². The molecule has 0 radical (unpaired) electrons. The Morgan fingerprint density at radius 1 is 1.50 bits per heavy atom. The lowest BCUT2D eigenvalue weighted by Gasteiger charge is -2.03. The molecule has 0 saturated carbocycles. The molecule has 2 N–H and O–H groups in total. The van der Waals surface area contributed by atoms with Crippen LogP contribution in [0.25, 0.3) is 10.7 Å². The predicted octanol–water partition coefficient (Wildman–Crippen LogP) is 1.86. The minimum atomic E-state index is 0. The second-order valence-corrected chi connectivity index (χ2v) is 5.58. The molecule has 0 bridgehead atoms. The van der Waals surface area contributed by atoms with Gasteiger partial charge in [0.2, 0.25) is 0 Å². The van der Waals surface area contributed by atoms with Crippen LogP contribution in [0.4, 0.5) is 0 Å². The van der Waals surface area contributed by atoms with Crippen LogP contribution in [0, 0.1) is 0 Å². The zero-order chi connectivity index (χ0) is 10.3. The van der Waals surface area contributed by atoms with Gasteiger partial charge in [-0.3, -0.25) is 0 Å². The van der Waals surface area contributed by atoms with Crippen LogP contribution in [0.1, 0.15) is 0 Å². The lowest BCUT2D eigenvalue weighted by Crippen LogP contribution is -2.17. The van der Waals surface area contributed by atoms with E-state index in [1.807, 2.05) is 6.07 Å². The van der Waals surface area contributed by atoms with Crippen molar-refractivity contribution in [3.8, 4) is 10.7 Å². The van der Waals surface area contributed by atoms with Crippen LogP contribution in [-0.4, -0.2) is 26.6 Å². The van der Waals surface area contributed by atoms with E-state index >= 15 is 0 Å². The average Bonchev–Trinajstić information content (AvgIpc) is 2.92. The molecule has 1 atom stereocenters. The Balaban J connectivity index is 0.000000963. The van der Waals surface area contributed by atoms with Gasteiger partial charge in [-0.05, 0) is 11.4 Å². The van der Waals surface area contributed by atoms with Crippen molar-refractivity contribution in [3.63, 3.8) is 0 Å². The highest BCUT2D eigenvalue weighted by molar-refractivity contribution is 8.00. The summed E-state index contributed by atoms with van der Waals surface area (Å²) in [5.74, 6) is 0.975. The van der Waals surface area contributed by atoms with E-state index in [-0.39, 0.29) is 12.4 Å². The summed E-state index contributed by atoms with van der Waals surface area (Å²) in [6.07, 6.45) is 0. The number of aromatic nitrogens is 3. The number of hydrogen-bond acceptors (Lipinski definition) is 5. The van der Waals surface area contributed by atoms with E-state index in [4.69, 9.17) is 5.73 Å². The average molecular weight is 275 g/mol. The zero-order valence-electron chi connectivity index (χ0n) is 8.37. The monoisotopic (exact) mass is 274 g/mol. The number of hydrogen-bond donors (Lipinski definition) is 1. The van der Waals surface area contributed by atoms with Crippen LogP contribution in [-0.2, 0) is 6.54 Å². The van der Waals surface area contributed by atoms with E-state index in [1.54, 1.807) is 23.1 Å². The highest BCUT2D eigenvalue weighted by atomic mass is 35.5. The van der Waals surface area contributed by atoms with Crippen molar-refractivity contribution in [2.24, 2.45) is 5.73 Å². The van der Waals surface area contributed by atoms with Gasteiger partial charge in [0.25, 0.3) is 0 Å². The summed E-state index contributed by atoms with van der Waals surface area (Å²) in [7, 11) is 0. The van der Waals surface area contributed by atoms with Gasteiger partial charge in [0.1, 0.15) is 0 Å². The molecule has 0 fully saturated rings. The largest absolute Gasteiger partial charge is 0.329 e. The lowest BCUT2D eigenvalue weighted by molar-refractivity contribution is 0.656. The molecule has 0 aromatic carbocycles. The van der Waals surface area contributed by atoms with Gasteiger partial charge in [-0.25, -0.2) is 0 Å². The van der Waals surface area contributed by atoms with Gasteiger partial charge < -0.3 is 10.3 Å². The van der Waals surface area contributed by atoms with Gasteiger partial charge in [0.15, 0.2) is 11.0 Å². The number of halogens is 1. The van der Waals surface area contributed by atoms with Crippen LogP contribution in [0.5, 0.6) is 0 Å². The van der Waals surface area contributed by atoms with Crippen molar-refractivity contribution in [2.75, 3.05) is 6.54 Å². The molecule has 0 spiro atoms. The number of rotatable bonds is 2. The SMILES string of the molecule is Cl.NCC1Cn2c(nnc2-c2cccs2)S1. The molecule has 0 saturated heterocycles. The normalized spacial score (nSPS) is 18.2. The van der Waals surface area contributed by atoms with E-state index in [9.17, 15) is 0 Å². The van der Waals surface area contributed by atoms with Crippen LogP contribution in [0.15, 0.2) is 22.7 Å². The predicted molar refractivity (Wildman–Crippen MR) is 69.3 cm³/mol. The molecule has 2 aromatic rings. The van der Waals surface area contributed by atoms with Crippen molar-refractivity contribution < 1.29 is 0 Å². The molecular weight excluding hydrogens is 264 g/mol. The molecule has 7 heteroatoms. The highest BCUT2D eigenvalue weighted by Crippen LogP contribution is 2.34. The van der Waals surface area contributed by atoms with Crippen molar-refractivity contribution in [3.05, 3.63) is 17.5 Å². The van der Waals surface area contributed by atoms with Crippen LogP contribution in [0.3, 0.4) is 0 Å². The van der Waals surface area contributed by atoms with Gasteiger partial charge >= 0.3 is 0 Å². The first-order valence-corrected chi connectivity index (χ1v) is 6.48. The summed E-state index contributed by atoms with van der Waals surface area (Å²) in [4.78, 5) is 1.17. The second-order valence-electron chi connectivity index (χ2n) is 3.37. The van der Waals surface area contributed by atoms with Gasteiger partial charge in [-0.15, -0.1) is 33.9 Å². The maximum absolute atomic E-state index is 5.66. The fourth-order valence-corrected chi connectivity index (χ4v) is 3.35. The van der Waals surface area contributed by atoms with Crippen molar-refractivity contribution >= 4 is 35.5 Å². The van der Waals surface area contributed by atoms with E-state index < -0.39 is 0 Å². The molecule has 2 aromatic heterocycles. The van der Waals surface area contributed by atoms with E-state index in [0.717, 1.165) is 17.5 Å². The van der Waals surface area contributed by atoms with Gasteiger partial charge in [-0.1, -0.05) is 17.8 Å². The number of thiophene rings is 1. The molecule has 3 heterocycles. The molecule has 0 aliphatic carbocycles. The van der Waals surface area contributed by atoms with Gasteiger partial charge in [-0.2, -0.15) is 0 Å². The number of nitrogens with zero attached hydrogens (tertiary/aromatic N) is 3. The first-order valence-electron chi connectivity index (χ1n) is 4.72. The van der Waals surface area contributed by atoms with Crippen molar-refractivity contribution in [2.45, 2.75) is 17.0 Å². The lowest BCUT2D eigenvalue weighted by atomic mass is 10.4. The summed E-state index contributed by atoms with van der Waals surface area (Å²) in [5, 5.41) is 11.9. The van der Waals surface area contributed by atoms with Crippen LogP contribution in [0.2, 0.25) is 0 Å². The fourth-order valence-electron chi connectivity index (χ4n) is 1.64. The molecule has 0 amide bonds. The molecule has 86 valence electrons. The second kappa shape index (κ2) is 4.75. The maximum Gasteiger partial charge on any atom is 0.191 e. The van der Waals surface area contributed by atoms with E-state index in [0.29, 0.717) is 11.8 Å². The summed E-state index contributed by atoms with van der Waals surface area (Å²) in [5.41, 5.74) is 5.66. The van der Waals surface area contributed by atoms with Gasteiger partial charge in [0, 0.05) is 18.3 Å². The Morgan fingerprint density at radius 2 is 2.38 bits per heavy atom. The summed E-state index contributed by atoms with van der Waals surface area (Å²) in [6.45, 7) is 1.62. The quantitative estimate of drug-likeness (QED) is 0.908. The molecule has 4 nitrogen and oxygen atoms in total. The zero-order valence-corrected chi connectivity index (χ0v) is 10.8. The van der Waals surface area contributed by atoms with E-state index in [1.165, 1.54) is 4.88 Å². The number of nitrogens with two attached hydrogens (primary N) is 1. The van der Waals surface area contributed by atoms with Crippen LogP contribution < -0.4 is 5.73 Å². The Labute approximate surface area is 108 Å². The topological polar surface area (TPSA) is 56.7 Å². The molecular formula is C9H11ClN4S2. The third-order valence-corrected chi connectivity index (χ3v) is 4.43. The summed E-state index contributed by atoms with van der Waals surface area (Å²) < 4.78 is 2.16. The summed E-state index contributed by atoms with van der Waals surface area (Å²) in [6, 6.07) is 4.10. The third kappa shape index (κ3) is 1.86. The summed E-state index contributed by atoms with van der Waals surface area (Å²) >= 11 is 3.41. The van der Waals surface area contributed by atoms with Gasteiger partial charge in [0.05, 0.1) is 4.88 Å². The maximum atomic E-state index is 5.66. The molecule has 16 heavy (non-hydrogen) atoms. The number of fused-ring (bicyclic) bond motifs is 1. The minimum absolute atomic E-state index is 0. The molecule has 1 aliphatic heterocycles. The standard InChI is InChI=1S/C9H10N4S2.ClH/c10-4-6-5-13-8(7-2-1-3-14-7)11-12-9(13)15-6;/h1-3,6H,4-5,10H2;1H. The smallest absolute Gasteiger partial charge is 0.191 e. The molecule has 3 rings (SSSR count). The van der Waals surface area contributed by atoms with Crippen LogP contribution >= 0.6 is 35.5 Å². The highest BCUT2D eigenvalue weighted by Gasteiger charge is 2.26. The first-order chi connectivity index (χ1) is 7.38. The fraction of sp³-hybridized carbons (Fsp3) is 0.333. The van der Waals surface area contributed by atoms with Crippen molar-refractivity contribution in [1.29, 1.82) is 0 Å². The Kier molecular flexibility index (Phi) is 3.53. The minimum Gasteiger partial charge on any atom is -0.329 e. The Bertz CT molecular complexity index is 468. The molecule has 1 aliphatic rings. The first kappa shape index (κ1) is 11.9.